The summed E-state index contributed by atoms with van der Waals surface area (Å²) in [7, 11) is 1.47. The number of rotatable bonds is 5. The molecule has 170 valence electrons. The van der Waals surface area contributed by atoms with E-state index in [9.17, 15) is 18.8 Å². The van der Waals surface area contributed by atoms with Crippen LogP contribution in [0.25, 0.3) is 11.6 Å². The molecule has 4 N–H and O–H groups in total. The lowest BCUT2D eigenvalue weighted by atomic mass is 9.83. The molecule has 12 heteroatoms. The van der Waals surface area contributed by atoms with E-state index < -0.39 is 28.7 Å². The second-order valence-corrected chi connectivity index (χ2v) is 8.40. The zero-order valence-electron chi connectivity index (χ0n) is 17.9. The molecule has 1 fully saturated rings. The first-order valence-electron chi connectivity index (χ1n) is 10.4. The van der Waals surface area contributed by atoms with Gasteiger partial charge in [-0.25, -0.2) is 23.8 Å². The van der Waals surface area contributed by atoms with Crippen LogP contribution in [0.5, 0.6) is 0 Å². The largest absolute Gasteiger partial charge is 0.383 e. The predicted molar refractivity (Wildman–Crippen MR) is 116 cm³/mol. The fourth-order valence-corrected chi connectivity index (χ4v) is 3.86. The molecular weight excluding hydrogens is 431 g/mol. The van der Waals surface area contributed by atoms with Gasteiger partial charge in [-0.15, -0.1) is 5.10 Å². The number of aromatic nitrogens is 5. The van der Waals surface area contributed by atoms with Crippen LogP contribution in [0, 0.1) is 5.82 Å². The number of hydrogen-bond donors (Lipinski definition) is 3. The van der Waals surface area contributed by atoms with E-state index in [0.717, 1.165) is 17.5 Å². The van der Waals surface area contributed by atoms with Crippen molar-refractivity contribution in [3.05, 3.63) is 51.7 Å². The summed E-state index contributed by atoms with van der Waals surface area (Å²) in [6.45, 7) is 1.39. The second kappa shape index (κ2) is 7.22. The Bertz CT molecular complexity index is 1380. The summed E-state index contributed by atoms with van der Waals surface area (Å²) in [5.41, 5.74) is 4.58. The van der Waals surface area contributed by atoms with Crippen molar-refractivity contribution in [2.45, 2.75) is 37.8 Å². The minimum atomic E-state index is -1.57. The number of hydrogen-bond acceptors (Lipinski definition) is 7. The lowest BCUT2D eigenvalue weighted by Crippen LogP contribution is -2.48. The average molecular weight is 452 g/mol. The van der Waals surface area contributed by atoms with Gasteiger partial charge in [-0.3, -0.25) is 14.2 Å². The first-order valence-corrected chi connectivity index (χ1v) is 10.4. The molecule has 33 heavy (non-hydrogen) atoms. The Morgan fingerprint density at radius 2 is 2.03 bits per heavy atom. The standard InChI is InChI=1S/C21H21FN8O3/c1-21(18(31)24-11-7-8-11)13-14(23)25-16(26-15(13)27-19(21)32)17-28-30(20(33)29(17)2)9-10-5-3-4-6-12(10)22/h3-6,11H,7-9H2,1-2H3,(H,24,31)(H3,23,25,26,27,32). The summed E-state index contributed by atoms with van der Waals surface area (Å²) in [5.74, 6) is -1.40. The number of nitrogens with two attached hydrogens (primary N) is 1. The van der Waals surface area contributed by atoms with Gasteiger partial charge < -0.3 is 16.4 Å². The van der Waals surface area contributed by atoms with E-state index in [2.05, 4.69) is 25.7 Å². The Hall–Kier alpha value is -4.09. The third kappa shape index (κ3) is 3.25. The van der Waals surface area contributed by atoms with E-state index in [1.807, 2.05) is 0 Å². The number of carbonyl (C=O) groups excluding carboxylic acids is 2. The molecule has 1 aliphatic heterocycles. The van der Waals surface area contributed by atoms with Gasteiger partial charge in [0.1, 0.15) is 17.5 Å². The maximum Gasteiger partial charge on any atom is 0.346 e. The normalized spacial score (nSPS) is 19.3. The van der Waals surface area contributed by atoms with Crippen LogP contribution in [0.4, 0.5) is 16.0 Å². The maximum absolute atomic E-state index is 14.0. The first-order chi connectivity index (χ1) is 15.7. The van der Waals surface area contributed by atoms with Gasteiger partial charge in [0, 0.05) is 18.7 Å². The minimum absolute atomic E-state index is 0.00900. The number of nitrogens with zero attached hydrogens (tertiary/aromatic N) is 5. The van der Waals surface area contributed by atoms with Gasteiger partial charge in [-0.05, 0) is 25.8 Å². The summed E-state index contributed by atoms with van der Waals surface area (Å²) < 4.78 is 16.3. The highest BCUT2D eigenvalue weighted by Crippen LogP contribution is 2.41. The monoisotopic (exact) mass is 452 g/mol. The van der Waals surface area contributed by atoms with Gasteiger partial charge in [0.25, 0.3) is 0 Å². The summed E-state index contributed by atoms with van der Waals surface area (Å²) in [6.07, 6.45) is 1.73. The molecule has 1 atom stereocenters. The van der Waals surface area contributed by atoms with Gasteiger partial charge in [0.15, 0.2) is 5.41 Å². The Morgan fingerprint density at radius 3 is 2.73 bits per heavy atom. The van der Waals surface area contributed by atoms with Gasteiger partial charge in [-0.2, -0.15) is 0 Å². The highest BCUT2D eigenvalue weighted by molar-refractivity contribution is 6.20. The van der Waals surface area contributed by atoms with Crippen LogP contribution < -0.4 is 22.1 Å². The van der Waals surface area contributed by atoms with Crippen molar-refractivity contribution in [2.24, 2.45) is 7.05 Å². The van der Waals surface area contributed by atoms with Gasteiger partial charge in [-0.1, -0.05) is 18.2 Å². The van der Waals surface area contributed by atoms with Gasteiger partial charge in [0.2, 0.25) is 23.5 Å². The SMILES string of the molecule is Cn1c(-c2nc(N)c3c(n2)NC(=O)C3(C)C(=O)NC2CC2)nn(Cc2ccccc2F)c1=O. The average Bonchev–Trinajstić information content (AvgIpc) is 3.49. The van der Waals surface area contributed by atoms with Crippen molar-refractivity contribution in [1.29, 1.82) is 0 Å². The number of benzene rings is 1. The highest BCUT2D eigenvalue weighted by atomic mass is 19.1. The van der Waals surface area contributed by atoms with Crippen molar-refractivity contribution in [3.8, 4) is 11.6 Å². The van der Waals surface area contributed by atoms with E-state index in [4.69, 9.17) is 5.73 Å². The molecule has 3 aromatic rings. The fourth-order valence-electron chi connectivity index (χ4n) is 3.86. The molecule has 2 aromatic heterocycles. The van der Waals surface area contributed by atoms with Crippen molar-refractivity contribution in [1.82, 2.24) is 29.6 Å². The molecular formula is C21H21FN8O3. The van der Waals surface area contributed by atoms with E-state index in [1.54, 1.807) is 18.2 Å². The second-order valence-electron chi connectivity index (χ2n) is 8.40. The van der Waals surface area contributed by atoms with E-state index in [1.165, 1.54) is 24.6 Å². The van der Waals surface area contributed by atoms with Crippen molar-refractivity contribution < 1.29 is 14.0 Å². The Balaban J connectivity index is 1.54. The van der Waals surface area contributed by atoms with Crippen LogP contribution in [0.2, 0.25) is 0 Å². The minimum Gasteiger partial charge on any atom is -0.383 e. The Morgan fingerprint density at radius 1 is 1.30 bits per heavy atom. The molecule has 0 spiro atoms. The van der Waals surface area contributed by atoms with Crippen molar-refractivity contribution >= 4 is 23.5 Å². The van der Waals surface area contributed by atoms with Gasteiger partial charge >= 0.3 is 5.69 Å². The summed E-state index contributed by atoms with van der Waals surface area (Å²) >= 11 is 0. The molecule has 1 aliphatic carbocycles. The lowest BCUT2D eigenvalue weighted by molar-refractivity contribution is -0.133. The first kappa shape index (κ1) is 20.8. The van der Waals surface area contributed by atoms with Crippen LogP contribution in [-0.4, -0.2) is 42.2 Å². The molecule has 5 rings (SSSR count). The van der Waals surface area contributed by atoms with E-state index in [0.29, 0.717) is 5.56 Å². The Labute approximate surface area is 186 Å². The summed E-state index contributed by atoms with van der Waals surface area (Å²) in [5, 5.41) is 9.67. The van der Waals surface area contributed by atoms with Crippen LogP contribution in [-0.2, 0) is 28.6 Å². The smallest absolute Gasteiger partial charge is 0.346 e. The van der Waals surface area contributed by atoms with Crippen LogP contribution in [0.15, 0.2) is 29.1 Å². The number of nitrogens with one attached hydrogen (secondary N) is 2. The topological polar surface area (TPSA) is 150 Å². The molecule has 2 aliphatic rings. The van der Waals surface area contributed by atoms with E-state index in [-0.39, 0.29) is 41.4 Å². The Kier molecular flexibility index (Phi) is 4.55. The number of amides is 2. The van der Waals surface area contributed by atoms with Gasteiger partial charge in [0.05, 0.1) is 12.1 Å². The molecule has 0 radical (unpaired) electrons. The molecule has 1 unspecified atom stereocenters. The van der Waals surface area contributed by atoms with Crippen molar-refractivity contribution in [3.63, 3.8) is 0 Å². The molecule has 1 saturated carbocycles. The van der Waals surface area contributed by atoms with Crippen LogP contribution in [0.3, 0.4) is 0 Å². The molecule has 3 heterocycles. The number of fused-ring (bicyclic) bond motifs is 1. The number of carbonyl (C=O) groups is 2. The number of nitrogen functional groups attached to an aromatic ring is 1. The zero-order valence-corrected chi connectivity index (χ0v) is 17.9. The third-order valence-corrected chi connectivity index (χ3v) is 6.01. The molecule has 0 saturated heterocycles. The molecule has 0 bridgehead atoms. The summed E-state index contributed by atoms with van der Waals surface area (Å²) in [6, 6.07) is 6.13. The molecule has 2 amide bonds. The number of anilines is 2. The van der Waals surface area contributed by atoms with E-state index >= 15 is 0 Å². The summed E-state index contributed by atoms with van der Waals surface area (Å²) in [4.78, 5) is 46.8. The molecule has 1 aromatic carbocycles. The fraction of sp³-hybridized carbons (Fsp3) is 0.333. The maximum atomic E-state index is 14.0. The predicted octanol–water partition coefficient (Wildman–Crippen LogP) is 0.297. The lowest BCUT2D eigenvalue weighted by Gasteiger charge is -2.21. The quantitative estimate of drug-likeness (QED) is 0.471. The third-order valence-electron chi connectivity index (χ3n) is 6.01. The zero-order chi connectivity index (χ0) is 23.5. The highest BCUT2D eigenvalue weighted by Gasteiger charge is 2.53. The van der Waals surface area contributed by atoms with Crippen LogP contribution in [0.1, 0.15) is 30.9 Å². The number of halogens is 1. The van der Waals surface area contributed by atoms with Crippen molar-refractivity contribution in [2.75, 3.05) is 11.1 Å². The molecule has 11 nitrogen and oxygen atoms in total. The van der Waals surface area contributed by atoms with Crippen LogP contribution >= 0.6 is 0 Å².